The molecule has 0 radical (unpaired) electrons. The van der Waals surface area contributed by atoms with Crippen molar-refractivity contribution >= 4 is 51.6 Å². The van der Waals surface area contributed by atoms with Gasteiger partial charge in [0, 0.05) is 11.3 Å². The molecule has 12 heteroatoms. The fraction of sp³-hybridized carbons (Fsp3) is 0.219. The van der Waals surface area contributed by atoms with E-state index >= 15 is 0 Å². The number of rotatable bonds is 11. The Labute approximate surface area is 261 Å². The maximum atomic E-state index is 13.5. The molecule has 1 aromatic heterocycles. The summed E-state index contributed by atoms with van der Waals surface area (Å²) in [6.45, 7) is 2.62. The van der Waals surface area contributed by atoms with E-state index < -0.39 is 23.7 Å². The Balaban J connectivity index is 1.50. The van der Waals surface area contributed by atoms with E-state index in [1.54, 1.807) is 48.5 Å². The Hall–Kier alpha value is -4.55. The molecule has 1 atom stereocenters. The number of anilines is 1. The number of ketones is 1. The number of amides is 1. The highest BCUT2D eigenvalue weighted by molar-refractivity contribution is 8.00. The standard InChI is InChI=1S/C32H28FN3O6S2/c1-3-4-17-42-24-15-11-21(12-16-24)27(37)25-26(20-7-9-22(10-8-20)30(40)41-2)36(29(39)28(25)38)31-34-35-32(44-31)43-18-19-5-13-23(33)14-6-19/h5-16,26,37H,3-4,17-18H2,1-2H3/b27-25+. The molecule has 1 fully saturated rings. The highest BCUT2D eigenvalue weighted by Gasteiger charge is 2.48. The molecule has 1 N–H and O–H groups in total. The Bertz CT molecular complexity index is 1690. The third kappa shape index (κ3) is 6.66. The van der Waals surface area contributed by atoms with Gasteiger partial charge in [0.25, 0.3) is 5.78 Å². The number of hydrogen-bond acceptors (Lipinski definition) is 10. The summed E-state index contributed by atoms with van der Waals surface area (Å²) in [6.07, 6.45) is 1.89. The van der Waals surface area contributed by atoms with Crippen LogP contribution in [0.3, 0.4) is 0 Å². The van der Waals surface area contributed by atoms with Crippen molar-refractivity contribution in [2.24, 2.45) is 0 Å². The number of thioether (sulfide) groups is 1. The van der Waals surface area contributed by atoms with E-state index in [-0.39, 0.29) is 27.8 Å². The maximum Gasteiger partial charge on any atom is 0.337 e. The minimum absolute atomic E-state index is 0.129. The van der Waals surface area contributed by atoms with Crippen LogP contribution in [0, 0.1) is 5.82 Å². The van der Waals surface area contributed by atoms with E-state index in [0.717, 1.165) is 29.7 Å². The minimum Gasteiger partial charge on any atom is -0.507 e. The van der Waals surface area contributed by atoms with Crippen molar-refractivity contribution in [1.29, 1.82) is 0 Å². The molecule has 0 saturated carbocycles. The van der Waals surface area contributed by atoms with Crippen LogP contribution in [0.5, 0.6) is 5.75 Å². The van der Waals surface area contributed by atoms with E-state index in [0.29, 0.717) is 33.6 Å². The van der Waals surface area contributed by atoms with Gasteiger partial charge >= 0.3 is 11.9 Å². The van der Waals surface area contributed by atoms with Crippen LogP contribution in [0.15, 0.2) is 82.7 Å². The number of aliphatic hydroxyl groups is 1. The van der Waals surface area contributed by atoms with Crippen LogP contribution in [-0.4, -0.2) is 46.7 Å². The molecule has 226 valence electrons. The summed E-state index contributed by atoms with van der Waals surface area (Å²) in [5.41, 5.74) is 1.82. The summed E-state index contributed by atoms with van der Waals surface area (Å²) >= 11 is 2.47. The van der Waals surface area contributed by atoms with Crippen LogP contribution in [0.2, 0.25) is 0 Å². The first-order valence-electron chi connectivity index (χ1n) is 13.7. The molecule has 1 unspecified atom stereocenters. The van der Waals surface area contributed by atoms with Gasteiger partial charge in [-0.15, -0.1) is 10.2 Å². The smallest absolute Gasteiger partial charge is 0.337 e. The third-order valence-electron chi connectivity index (χ3n) is 6.86. The van der Waals surface area contributed by atoms with Crippen molar-refractivity contribution in [3.8, 4) is 5.75 Å². The van der Waals surface area contributed by atoms with Gasteiger partial charge in [0.1, 0.15) is 17.3 Å². The highest BCUT2D eigenvalue weighted by Crippen LogP contribution is 2.44. The maximum absolute atomic E-state index is 13.5. The Morgan fingerprint density at radius 1 is 1.00 bits per heavy atom. The molecule has 0 bridgehead atoms. The molecular formula is C32H28FN3O6S2. The van der Waals surface area contributed by atoms with Crippen LogP contribution < -0.4 is 9.64 Å². The number of halogens is 1. The van der Waals surface area contributed by atoms with E-state index in [9.17, 15) is 23.9 Å². The van der Waals surface area contributed by atoms with Gasteiger partial charge < -0.3 is 14.6 Å². The summed E-state index contributed by atoms with van der Waals surface area (Å²) < 4.78 is 24.3. The first-order valence-corrected chi connectivity index (χ1v) is 15.5. The number of ether oxygens (including phenoxy) is 2. The van der Waals surface area contributed by atoms with Gasteiger partial charge in [-0.3, -0.25) is 14.5 Å². The first-order chi connectivity index (χ1) is 21.3. The third-order valence-corrected chi connectivity index (χ3v) is 8.99. The summed E-state index contributed by atoms with van der Waals surface area (Å²) in [5, 5.41) is 20.0. The molecule has 1 amide bonds. The number of benzene rings is 3. The van der Waals surface area contributed by atoms with Crippen LogP contribution in [0.4, 0.5) is 9.52 Å². The monoisotopic (exact) mass is 633 g/mol. The molecule has 2 heterocycles. The van der Waals surface area contributed by atoms with Crippen molar-refractivity contribution in [3.63, 3.8) is 0 Å². The Morgan fingerprint density at radius 3 is 2.34 bits per heavy atom. The summed E-state index contributed by atoms with van der Waals surface area (Å²) in [5.74, 6) is -1.89. The number of nitrogens with zero attached hydrogens (tertiary/aromatic N) is 3. The lowest BCUT2D eigenvalue weighted by Crippen LogP contribution is -2.29. The molecule has 9 nitrogen and oxygen atoms in total. The van der Waals surface area contributed by atoms with Crippen LogP contribution in [0.1, 0.15) is 52.9 Å². The van der Waals surface area contributed by atoms with Crippen LogP contribution in [-0.2, 0) is 20.1 Å². The van der Waals surface area contributed by atoms with Gasteiger partial charge in [-0.05, 0) is 66.1 Å². The van der Waals surface area contributed by atoms with Crippen LogP contribution >= 0.6 is 23.1 Å². The van der Waals surface area contributed by atoms with Crippen molar-refractivity contribution < 1.29 is 33.4 Å². The summed E-state index contributed by atoms with van der Waals surface area (Å²) in [7, 11) is 1.27. The molecule has 1 aliphatic rings. The second kappa shape index (κ2) is 13.8. The zero-order valence-electron chi connectivity index (χ0n) is 23.9. The van der Waals surface area contributed by atoms with Crippen molar-refractivity contribution in [2.75, 3.05) is 18.6 Å². The van der Waals surface area contributed by atoms with Crippen molar-refractivity contribution in [3.05, 3.63) is 106 Å². The van der Waals surface area contributed by atoms with Gasteiger partial charge in [-0.1, -0.05) is 60.7 Å². The Kier molecular flexibility index (Phi) is 9.71. The fourth-order valence-electron chi connectivity index (χ4n) is 4.55. The number of methoxy groups -OCH3 is 1. The van der Waals surface area contributed by atoms with Gasteiger partial charge in [-0.2, -0.15) is 0 Å². The molecular weight excluding hydrogens is 605 g/mol. The normalized spacial score (nSPS) is 15.9. The van der Waals surface area contributed by atoms with E-state index in [4.69, 9.17) is 9.47 Å². The SMILES string of the molecule is CCCCOc1ccc(/C(O)=C2\C(=O)C(=O)N(c3nnc(SCc4ccc(F)cc4)s3)C2c2ccc(C(=O)OC)cc2)cc1. The average Bonchev–Trinajstić information content (AvgIpc) is 3.62. The lowest BCUT2D eigenvalue weighted by molar-refractivity contribution is -0.132. The van der Waals surface area contributed by atoms with Gasteiger partial charge in [0.05, 0.1) is 30.9 Å². The molecule has 0 aliphatic carbocycles. The minimum atomic E-state index is -1.05. The number of esters is 1. The lowest BCUT2D eigenvalue weighted by Gasteiger charge is -2.22. The number of Topliss-reactive ketones (excluding diaryl/α,β-unsaturated/α-hetero) is 1. The molecule has 1 aliphatic heterocycles. The average molecular weight is 634 g/mol. The van der Waals surface area contributed by atoms with E-state index in [2.05, 4.69) is 17.1 Å². The summed E-state index contributed by atoms with van der Waals surface area (Å²) in [4.78, 5) is 40.3. The van der Waals surface area contributed by atoms with Gasteiger partial charge in [0.15, 0.2) is 4.34 Å². The molecule has 0 spiro atoms. The molecule has 3 aromatic carbocycles. The zero-order valence-corrected chi connectivity index (χ0v) is 25.5. The number of hydrogen-bond donors (Lipinski definition) is 1. The Morgan fingerprint density at radius 2 is 1.68 bits per heavy atom. The fourth-order valence-corrected chi connectivity index (χ4v) is 6.37. The molecule has 44 heavy (non-hydrogen) atoms. The topological polar surface area (TPSA) is 119 Å². The largest absolute Gasteiger partial charge is 0.507 e. The second-order valence-electron chi connectivity index (χ2n) is 9.77. The second-order valence-corrected chi connectivity index (χ2v) is 12.0. The highest BCUT2D eigenvalue weighted by atomic mass is 32.2. The van der Waals surface area contributed by atoms with E-state index in [1.165, 1.54) is 48.0 Å². The molecule has 5 rings (SSSR count). The van der Waals surface area contributed by atoms with Gasteiger partial charge in [0.2, 0.25) is 5.13 Å². The predicted octanol–water partition coefficient (Wildman–Crippen LogP) is 6.56. The molecule has 1 saturated heterocycles. The number of carbonyl (C=O) groups excluding carboxylic acids is 3. The molecule has 4 aromatic rings. The van der Waals surface area contributed by atoms with Crippen LogP contribution in [0.25, 0.3) is 5.76 Å². The number of aromatic nitrogens is 2. The van der Waals surface area contributed by atoms with Crippen molar-refractivity contribution in [1.82, 2.24) is 10.2 Å². The lowest BCUT2D eigenvalue weighted by atomic mass is 9.94. The number of carbonyl (C=O) groups is 3. The number of unbranched alkanes of at least 4 members (excludes halogenated alkanes) is 1. The van der Waals surface area contributed by atoms with Crippen molar-refractivity contribution in [2.45, 2.75) is 35.9 Å². The summed E-state index contributed by atoms with van der Waals surface area (Å²) in [6, 6.07) is 17.9. The first kappa shape index (κ1) is 30.9. The predicted molar refractivity (Wildman–Crippen MR) is 165 cm³/mol. The number of aliphatic hydroxyl groups excluding tert-OH is 1. The van der Waals surface area contributed by atoms with E-state index in [1.807, 2.05) is 0 Å². The zero-order chi connectivity index (χ0) is 31.2. The quantitative estimate of drug-likeness (QED) is 0.0372. The van der Waals surface area contributed by atoms with Gasteiger partial charge in [-0.25, -0.2) is 9.18 Å².